The Labute approximate surface area is 143 Å². The summed E-state index contributed by atoms with van der Waals surface area (Å²) < 4.78 is 33.0. The molecule has 3 rings (SSSR count). The van der Waals surface area contributed by atoms with Crippen LogP contribution in [0.1, 0.15) is 31.9 Å². The summed E-state index contributed by atoms with van der Waals surface area (Å²) in [6.45, 7) is 5.32. The van der Waals surface area contributed by atoms with Crippen LogP contribution in [0.15, 0.2) is 42.6 Å². The Kier molecular flexibility index (Phi) is 4.36. The van der Waals surface area contributed by atoms with Crippen molar-refractivity contribution in [1.29, 1.82) is 0 Å². The van der Waals surface area contributed by atoms with E-state index in [1.807, 2.05) is 37.3 Å². The predicted octanol–water partition coefficient (Wildman–Crippen LogP) is 3.06. The zero-order valence-corrected chi connectivity index (χ0v) is 14.9. The van der Waals surface area contributed by atoms with Gasteiger partial charge < -0.3 is 4.74 Å². The first-order chi connectivity index (χ1) is 11.3. The Balaban J connectivity index is 1.78. The largest absolute Gasteiger partial charge is 0.439 e. The van der Waals surface area contributed by atoms with Crippen molar-refractivity contribution < 1.29 is 13.2 Å². The Morgan fingerprint density at radius 3 is 2.58 bits per heavy atom. The van der Waals surface area contributed by atoms with Gasteiger partial charge in [0, 0.05) is 17.8 Å². The third-order valence-corrected chi connectivity index (χ3v) is 6.23. The predicted molar refractivity (Wildman–Crippen MR) is 93.8 cm³/mol. The quantitative estimate of drug-likeness (QED) is 0.903. The van der Waals surface area contributed by atoms with Crippen LogP contribution in [-0.4, -0.2) is 24.2 Å². The highest BCUT2D eigenvalue weighted by Gasteiger charge is 2.37. The van der Waals surface area contributed by atoms with Gasteiger partial charge in [0.05, 0.1) is 5.25 Å². The lowest BCUT2D eigenvalue weighted by Crippen LogP contribution is -2.49. The fourth-order valence-corrected chi connectivity index (χ4v) is 4.03. The highest BCUT2D eigenvalue weighted by Crippen LogP contribution is 2.34. The monoisotopic (exact) mass is 346 g/mol. The van der Waals surface area contributed by atoms with Crippen LogP contribution >= 0.6 is 0 Å². The molecular weight excluding hydrogens is 324 g/mol. The van der Waals surface area contributed by atoms with Crippen molar-refractivity contribution in [1.82, 2.24) is 9.71 Å². The maximum atomic E-state index is 12.2. The second-order valence-electron chi connectivity index (χ2n) is 6.81. The van der Waals surface area contributed by atoms with Gasteiger partial charge in [0.1, 0.15) is 5.75 Å². The molecule has 1 aromatic carbocycles. The van der Waals surface area contributed by atoms with Crippen LogP contribution in [-0.2, 0) is 22.9 Å². The van der Waals surface area contributed by atoms with E-state index in [-0.39, 0.29) is 0 Å². The molecule has 128 valence electrons. The lowest BCUT2D eigenvalue weighted by Gasteiger charge is -2.26. The number of aromatic nitrogens is 1. The number of rotatable bonds is 5. The van der Waals surface area contributed by atoms with Gasteiger partial charge in [-0.05, 0) is 62.9 Å². The first-order valence-electron chi connectivity index (χ1n) is 8.01. The number of fused-ring (bicyclic) bond motifs is 1. The average molecular weight is 346 g/mol. The first kappa shape index (κ1) is 16.9. The fraction of sp³-hybridized carbons (Fsp3) is 0.389. The summed E-state index contributed by atoms with van der Waals surface area (Å²) in [5.41, 5.74) is 1.77. The van der Waals surface area contributed by atoms with Gasteiger partial charge >= 0.3 is 0 Å². The van der Waals surface area contributed by atoms with Crippen LogP contribution in [0.25, 0.3) is 0 Å². The van der Waals surface area contributed by atoms with E-state index in [4.69, 9.17) is 4.74 Å². The van der Waals surface area contributed by atoms with Gasteiger partial charge in [-0.25, -0.2) is 18.1 Å². The van der Waals surface area contributed by atoms with Crippen LogP contribution in [0.5, 0.6) is 11.6 Å². The summed E-state index contributed by atoms with van der Waals surface area (Å²) in [6.07, 6.45) is 3.01. The molecule has 6 heteroatoms. The molecule has 1 aromatic heterocycles. The molecule has 0 fully saturated rings. The molecule has 0 saturated carbocycles. The van der Waals surface area contributed by atoms with E-state index in [9.17, 15) is 8.42 Å². The Morgan fingerprint density at radius 2 is 1.92 bits per heavy atom. The van der Waals surface area contributed by atoms with E-state index in [0.717, 1.165) is 11.1 Å². The summed E-state index contributed by atoms with van der Waals surface area (Å²) in [7, 11) is -3.31. The molecule has 0 spiro atoms. The lowest BCUT2D eigenvalue weighted by atomic mass is 10.0. The Hall–Kier alpha value is -1.92. The summed E-state index contributed by atoms with van der Waals surface area (Å²) in [5, 5.41) is -0.443. The van der Waals surface area contributed by atoms with Crippen molar-refractivity contribution in [2.45, 2.75) is 44.4 Å². The number of sulfonamides is 1. The van der Waals surface area contributed by atoms with Gasteiger partial charge in [0.15, 0.2) is 0 Å². The highest BCUT2D eigenvalue weighted by molar-refractivity contribution is 7.90. The Bertz CT molecular complexity index is 835. The molecular formula is C18H22N2O3S. The zero-order valence-electron chi connectivity index (χ0n) is 14.1. The molecule has 2 aromatic rings. The third kappa shape index (κ3) is 3.60. The minimum Gasteiger partial charge on any atom is -0.439 e. The second kappa shape index (κ2) is 6.18. The number of hydrogen-bond donors (Lipinski definition) is 1. The topological polar surface area (TPSA) is 68.3 Å². The molecule has 0 radical (unpaired) electrons. The molecule has 1 heterocycles. The molecule has 0 amide bonds. The summed E-state index contributed by atoms with van der Waals surface area (Å²) in [6, 6.07) is 11.4. The first-order valence-corrected chi connectivity index (χ1v) is 9.56. The number of pyridine rings is 1. The summed E-state index contributed by atoms with van der Waals surface area (Å²) in [5.74, 6) is 1.25. The highest BCUT2D eigenvalue weighted by atomic mass is 32.2. The fourth-order valence-electron chi connectivity index (χ4n) is 2.97. The minimum absolute atomic E-state index is 0.443. The maximum Gasteiger partial charge on any atom is 0.219 e. The van der Waals surface area contributed by atoms with Crippen molar-refractivity contribution >= 4 is 10.0 Å². The molecule has 1 aliphatic rings. The van der Waals surface area contributed by atoms with Crippen molar-refractivity contribution in [3.63, 3.8) is 0 Å². The van der Waals surface area contributed by atoms with Crippen LogP contribution in [0.3, 0.4) is 0 Å². The lowest BCUT2D eigenvalue weighted by molar-refractivity contribution is 0.433. The molecule has 5 nitrogen and oxygen atoms in total. The van der Waals surface area contributed by atoms with Gasteiger partial charge in [-0.1, -0.05) is 12.1 Å². The van der Waals surface area contributed by atoms with Crippen molar-refractivity contribution in [2.75, 3.05) is 0 Å². The van der Waals surface area contributed by atoms with E-state index in [0.29, 0.717) is 24.5 Å². The third-order valence-electron chi connectivity index (χ3n) is 4.21. The molecule has 1 atom stereocenters. The van der Waals surface area contributed by atoms with Gasteiger partial charge in [0.2, 0.25) is 15.9 Å². The van der Waals surface area contributed by atoms with Crippen LogP contribution in [0, 0.1) is 0 Å². The molecule has 1 N–H and O–H groups in total. The molecule has 0 aliphatic heterocycles. The number of nitrogens with one attached hydrogen (secondary N) is 1. The number of nitrogens with zero attached hydrogens (tertiary/aromatic N) is 1. The normalized spacial score (nSPS) is 20.2. The van der Waals surface area contributed by atoms with Crippen molar-refractivity contribution in [3.05, 3.63) is 53.7 Å². The van der Waals surface area contributed by atoms with Crippen molar-refractivity contribution in [3.8, 4) is 11.6 Å². The molecule has 24 heavy (non-hydrogen) atoms. The van der Waals surface area contributed by atoms with Crippen LogP contribution in [0.4, 0.5) is 0 Å². The van der Waals surface area contributed by atoms with Crippen LogP contribution in [0.2, 0.25) is 0 Å². The number of ether oxygens (including phenoxy) is 1. The van der Waals surface area contributed by atoms with E-state index >= 15 is 0 Å². The molecule has 0 saturated heterocycles. The van der Waals surface area contributed by atoms with Gasteiger partial charge in [-0.15, -0.1) is 0 Å². The van der Waals surface area contributed by atoms with Crippen molar-refractivity contribution in [2.24, 2.45) is 0 Å². The van der Waals surface area contributed by atoms with E-state index < -0.39 is 20.8 Å². The standard InChI is InChI=1S/C18H22N2O3S/c1-13(2)24(21,22)20-18(3)11-14-7-8-16(10-15(14)12-18)23-17-6-4-5-9-19-17/h4-10,13,20H,11-12H2,1-3H3/t18-/m1/s1. The second-order valence-corrected chi connectivity index (χ2v) is 9.05. The van der Waals surface area contributed by atoms with E-state index in [2.05, 4.69) is 9.71 Å². The maximum absolute atomic E-state index is 12.2. The molecule has 0 bridgehead atoms. The zero-order chi connectivity index (χ0) is 17.4. The van der Waals surface area contributed by atoms with Gasteiger partial charge in [-0.3, -0.25) is 0 Å². The van der Waals surface area contributed by atoms with Gasteiger partial charge in [-0.2, -0.15) is 0 Å². The summed E-state index contributed by atoms with van der Waals surface area (Å²) >= 11 is 0. The molecule has 0 unspecified atom stereocenters. The summed E-state index contributed by atoms with van der Waals surface area (Å²) in [4.78, 5) is 4.15. The Morgan fingerprint density at radius 1 is 1.17 bits per heavy atom. The molecule has 1 aliphatic carbocycles. The average Bonchev–Trinajstić information content (AvgIpc) is 2.82. The van der Waals surface area contributed by atoms with Gasteiger partial charge in [0.25, 0.3) is 0 Å². The smallest absolute Gasteiger partial charge is 0.219 e. The number of benzene rings is 1. The minimum atomic E-state index is -3.31. The van der Waals surface area contributed by atoms with E-state index in [1.165, 1.54) is 0 Å². The van der Waals surface area contributed by atoms with Crippen LogP contribution < -0.4 is 9.46 Å². The SMILES string of the molecule is CC(C)S(=O)(=O)N[C@]1(C)Cc2ccc(Oc3ccccn3)cc2C1. The van der Waals surface area contributed by atoms with E-state index in [1.54, 1.807) is 26.1 Å². The number of hydrogen-bond acceptors (Lipinski definition) is 4.